The van der Waals surface area contributed by atoms with Crippen molar-refractivity contribution in [3.8, 4) is 0 Å². The Kier molecular flexibility index (Phi) is 5.99. The largest absolute Gasteiger partial charge is 0.472 e. The van der Waals surface area contributed by atoms with Gasteiger partial charge in [0, 0.05) is 6.20 Å². The van der Waals surface area contributed by atoms with Crippen LogP contribution >= 0.6 is 0 Å². The van der Waals surface area contributed by atoms with Gasteiger partial charge in [0.05, 0.1) is 6.61 Å². The van der Waals surface area contributed by atoms with E-state index in [4.69, 9.17) is 0 Å². The first kappa shape index (κ1) is 20.2. The summed E-state index contributed by atoms with van der Waals surface area (Å²) in [5.74, 6) is -5.14. The second kappa shape index (κ2) is 7.40. The van der Waals surface area contributed by atoms with E-state index >= 15 is 0 Å². The van der Waals surface area contributed by atoms with Crippen molar-refractivity contribution in [1.82, 2.24) is 20.6 Å². The van der Waals surface area contributed by atoms with E-state index in [2.05, 4.69) is 9.84 Å². The lowest BCUT2D eigenvalue weighted by molar-refractivity contribution is -0.175. The molecule has 1 aromatic heterocycles. The molecule has 0 aliphatic carbocycles. The molecule has 0 saturated carbocycles. The van der Waals surface area contributed by atoms with Gasteiger partial charge >= 0.3 is 24.2 Å². The molecule has 1 rings (SSSR count). The number of carbonyl (C=O) groups excluding carboxylic acids is 3. The number of carbonyl (C=O) groups is 3. The van der Waals surface area contributed by atoms with Crippen molar-refractivity contribution < 1.29 is 45.5 Å². The van der Waals surface area contributed by atoms with Crippen molar-refractivity contribution in [3.63, 3.8) is 0 Å². The number of halogens is 6. The number of aromatic nitrogens is 2. The Morgan fingerprint density at radius 2 is 1.76 bits per heavy atom. The molecule has 0 unspecified atom stereocenters. The first-order valence-corrected chi connectivity index (χ1v) is 6.34. The lowest BCUT2D eigenvalue weighted by atomic mass is 10.2. The Balaban J connectivity index is 2.87. The first-order chi connectivity index (χ1) is 11.4. The summed E-state index contributed by atoms with van der Waals surface area (Å²) < 4.78 is 79.0. The molecular formula is C11H10F6N4O4. The monoisotopic (exact) mass is 376 g/mol. The molecule has 14 heteroatoms. The molecule has 25 heavy (non-hydrogen) atoms. The van der Waals surface area contributed by atoms with Gasteiger partial charge < -0.3 is 4.74 Å². The number of nitrogens with one attached hydrogen (secondary N) is 2. The average Bonchev–Trinajstić information content (AvgIpc) is 2.88. The molecule has 0 atom stereocenters. The van der Waals surface area contributed by atoms with Gasteiger partial charge in [0.2, 0.25) is 0 Å². The smallest absolute Gasteiger partial charge is 0.462 e. The van der Waals surface area contributed by atoms with Crippen LogP contribution in [-0.2, 0) is 27.0 Å². The van der Waals surface area contributed by atoms with Crippen LogP contribution in [0.25, 0.3) is 0 Å². The predicted octanol–water partition coefficient (Wildman–Crippen LogP) is 0.788. The lowest BCUT2D eigenvalue weighted by Gasteiger charge is -2.09. The first-order valence-electron chi connectivity index (χ1n) is 6.34. The Labute approximate surface area is 135 Å². The second-order valence-electron chi connectivity index (χ2n) is 4.31. The number of alkyl halides is 6. The number of nitrogens with zero attached hydrogens (tertiary/aromatic N) is 2. The summed E-state index contributed by atoms with van der Waals surface area (Å²) in [6.07, 6.45) is -9.75. The van der Waals surface area contributed by atoms with Crippen LogP contribution in [0.1, 0.15) is 23.0 Å². The van der Waals surface area contributed by atoms with Crippen molar-refractivity contribution in [2.45, 2.75) is 25.8 Å². The molecule has 0 aromatic carbocycles. The van der Waals surface area contributed by atoms with Gasteiger partial charge in [0.25, 0.3) is 5.91 Å². The Hall–Kier alpha value is -2.80. The van der Waals surface area contributed by atoms with Crippen LogP contribution in [0.15, 0.2) is 6.20 Å². The minimum atomic E-state index is -5.26. The van der Waals surface area contributed by atoms with Crippen LogP contribution in [0.4, 0.5) is 26.3 Å². The zero-order valence-electron chi connectivity index (χ0n) is 12.3. The zero-order valence-corrected chi connectivity index (χ0v) is 12.3. The third-order valence-electron chi connectivity index (χ3n) is 2.40. The maximum atomic E-state index is 12.8. The third kappa shape index (κ3) is 5.65. The molecule has 2 N–H and O–H groups in total. The fourth-order valence-electron chi connectivity index (χ4n) is 1.45. The maximum absolute atomic E-state index is 12.8. The van der Waals surface area contributed by atoms with Crippen molar-refractivity contribution >= 4 is 17.8 Å². The van der Waals surface area contributed by atoms with E-state index in [1.54, 1.807) is 0 Å². The van der Waals surface area contributed by atoms with Gasteiger partial charge in [-0.1, -0.05) is 0 Å². The summed E-state index contributed by atoms with van der Waals surface area (Å²) in [5, 5.41) is 3.00. The summed E-state index contributed by atoms with van der Waals surface area (Å²) in [7, 11) is 0. The van der Waals surface area contributed by atoms with Crippen LogP contribution in [-0.4, -0.2) is 40.3 Å². The number of hydrogen-bond donors (Lipinski definition) is 2. The highest BCUT2D eigenvalue weighted by Gasteiger charge is 2.40. The Morgan fingerprint density at radius 1 is 1.16 bits per heavy atom. The van der Waals surface area contributed by atoms with Crippen molar-refractivity contribution in [2.75, 3.05) is 6.61 Å². The zero-order chi connectivity index (χ0) is 19.4. The van der Waals surface area contributed by atoms with E-state index in [9.17, 15) is 40.7 Å². The fraction of sp³-hybridized carbons (Fsp3) is 0.455. The average molecular weight is 376 g/mol. The maximum Gasteiger partial charge on any atom is 0.472 e. The summed E-state index contributed by atoms with van der Waals surface area (Å²) in [6, 6.07) is 0. The second-order valence-corrected chi connectivity index (χ2v) is 4.31. The van der Waals surface area contributed by atoms with Crippen LogP contribution in [0.2, 0.25) is 0 Å². The van der Waals surface area contributed by atoms with E-state index in [-0.39, 0.29) is 6.61 Å². The predicted molar refractivity (Wildman–Crippen MR) is 65.5 cm³/mol. The molecule has 0 radical (unpaired) electrons. The molecule has 0 bridgehead atoms. The lowest BCUT2D eigenvalue weighted by Crippen LogP contribution is -2.48. The summed E-state index contributed by atoms with van der Waals surface area (Å²) in [4.78, 5) is 33.3. The fourth-order valence-corrected chi connectivity index (χ4v) is 1.45. The topological polar surface area (TPSA) is 102 Å². The molecule has 1 heterocycles. The van der Waals surface area contributed by atoms with Crippen molar-refractivity contribution in [1.29, 1.82) is 0 Å². The van der Waals surface area contributed by atoms with Crippen molar-refractivity contribution in [2.24, 2.45) is 0 Å². The van der Waals surface area contributed by atoms with Crippen LogP contribution in [0.3, 0.4) is 0 Å². The highest BCUT2D eigenvalue weighted by molar-refractivity contribution is 5.90. The number of esters is 1. The van der Waals surface area contributed by atoms with Gasteiger partial charge in [0.15, 0.2) is 5.69 Å². The summed E-state index contributed by atoms with van der Waals surface area (Å²) >= 11 is 0. The number of rotatable bonds is 4. The molecule has 8 nitrogen and oxygen atoms in total. The van der Waals surface area contributed by atoms with Crippen LogP contribution in [0, 0.1) is 0 Å². The normalized spacial score (nSPS) is 11.8. The van der Waals surface area contributed by atoms with Gasteiger partial charge in [-0.3, -0.25) is 25.1 Å². The highest BCUT2D eigenvalue weighted by atomic mass is 19.4. The van der Waals surface area contributed by atoms with E-state index < -0.39 is 47.9 Å². The standard InChI is InChI=1S/C11H10F6N4O4/c1-2-25-8(23)5-3-21(20-7(5)10(12,13)14)4-6(22)18-19-9(24)11(15,16)17/h3H,2,4H2,1H3,(H,18,22)(H,19,24). The summed E-state index contributed by atoms with van der Waals surface area (Å²) in [5.41, 5.74) is -0.236. The minimum absolute atomic E-state index is 0.217. The van der Waals surface area contributed by atoms with E-state index in [0.717, 1.165) is 5.43 Å². The SMILES string of the molecule is CCOC(=O)c1cn(CC(=O)NNC(=O)C(F)(F)F)nc1C(F)(F)F. The van der Waals surface area contributed by atoms with Crippen LogP contribution in [0.5, 0.6) is 0 Å². The van der Waals surface area contributed by atoms with Crippen molar-refractivity contribution in [3.05, 3.63) is 17.5 Å². The highest BCUT2D eigenvalue weighted by Crippen LogP contribution is 2.31. The number of ether oxygens (including phenoxy) is 1. The number of amides is 2. The Bertz CT molecular complexity index is 667. The molecule has 2 amide bonds. The number of hydrogen-bond acceptors (Lipinski definition) is 5. The minimum Gasteiger partial charge on any atom is -0.462 e. The van der Waals surface area contributed by atoms with Gasteiger partial charge in [-0.15, -0.1) is 0 Å². The van der Waals surface area contributed by atoms with Gasteiger partial charge in [-0.25, -0.2) is 4.79 Å². The van der Waals surface area contributed by atoms with E-state index in [1.807, 2.05) is 0 Å². The van der Waals surface area contributed by atoms with Gasteiger partial charge in [-0.2, -0.15) is 31.4 Å². The number of hydrazine groups is 1. The molecule has 0 aliphatic heterocycles. The van der Waals surface area contributed by atoms with Gasteiger partial charge in [-0.05, 0) is 6.92 Å². The Morgan fingerprint density at radius 3 is 2.24 bits per heavy atom. The van der Waals surface area contributed by atoms with E-state index in [1.165, 1.54) is 12.3 Å². The molecule has 0 fully saturated rings. The molecule has 1 aromatic rings. The molecule has 0 spiro atoms. The van der Waals surface area contributed by atoms with Crippen LogP contribution < -0.4 is 10.9 Å². The molecule has 140 valence electrons. The van der Waals surface area contributed by atoms with E-state index in [0.29, 0.717) is 10.9 Å². The van der Waals surface area contributed by atoms with Gasteiger partial charge in [0.1, 0.15) is 12.1 Å². The molecule has 0 aliphatic rings. The third-order valence-corrected chi connectivity index (χ3v) is 2.40. The quantitative estimate of drug-likeness (QED) is 0.460. The molecular weight excluding hydrogens is 366 g/mol. The summed E-state index contributed by atoms with van der Waals surface area (Å²) in [6.45, 7) is 0.137. The molecule has 0 saturated heterocycles.